The third-order valence-corrected chi connectivity index (χ3v) is 7.63. The van der Waals surface area contributed by atoms with E-state index in [4.69, 9.17) is 14.2 Å². The van der Waals surface area contributed by atoms with Gasteiger partial charge in [0.15, 0.2) is 12.4 Å². The first-order valence-electron chi connectivity index (χ1n) is 17.1. The van der Waals surface area contributed by atoms with E-state index in [2.05, 4.69) is 22.9 Å². The molecule has 0 fully saturated rings. The molecule has 1 aromatic heterocycles. The van der Waals surface area contributed by atoms with Crippen LogP contribution in [0.2, 0.25) is 0 Å². The Hall–Kier alpha value is -2.15. The Morgan fingerprint density at radius 1 is 0.644 bits per heavy atom. The molecule has 0 radical (unpaired) electrons. The van der Waals surface area contributed by atoms with Crippen molar-refractivity contribution in [1.29, 1.82) is 0 Å². The van der Waals surface area contributed by atoms with Gasteiger partial charge in [0.1, 0.15) is 25.9 Å². The van der Waals surface area contributed by atoms with Crippen LogP contribution < -0.4 is 44.5 Å². The van der Waals surface area contributed by atoms with Gasteiger partial charge in [0, 0.05) is 38.9 Å². The van der Waals surface area contributed by atoms with Crippen LogP contribution in [-0.4, -0.2) is 64.2 Å². The van der Waals surface area contributed by atoms with Crippen molar-refractivity contribution >= 4 is 18.1 Å². The van der Waals surface area contributed by atoms with Crippen molar-refractivity contribution in [2.45, 2.75) is 129 Å². The van der Waals surface area contributed by atoms with Gasteiger partial charge in [-0.05, 0) is 13.3 Å². The number of ether oxygens (including phenoxy) is 3. The average molecular weight is 749 g/mol. The maximum Gasteiger partial charge on any atom is 0.407 e. The van der Waals surface area contributed by atoms with Gasteiger partial charge in [-0.3, -0.25) is 4.79 Å². The van der Waals surface area contributed by atoms with Crippen LogP contribution in [0.4, 0.5) is 9.59 Å². The van der Waals surface area contributed by atoms with Gasteiger partial charge in [-0.1, -0.05) is 103 Å². The van der Waals surface area contributed by atoms with Crippen molar-refractivity contribution in [2.24, 2.45) is 0 Å². The number of aromatic nitrogens is 1. The largest absolute Gasteiger partial charge is 1.00 e. The predicted octanol–water partition coefficient (Wildman–Crippen LogP) is 3.46. The second-order valence-electron chi connectivity index (χ2n) is 11.4. The molecule has 1 aromatic rings. The summed E-state index contributed by atoms with van der Waals surface area (Å²) in [5, 5.41) is 8.08. The molecular formula is C34H61IN4O6. The van der Waals surface area contributed by atoms with E-state index >= 15 is 0 Å². The van der Waals surface area contributed by atoms with E-state index in [1.807, 2.05) is 23.9 Å². The summed E-state index contributed by atoms with van der Waals surface area (Å²) < 4.78 is 17.5. The number of alkyl carbamates (subject to hydrolysis) is 2. The minimum atomic E-state index is -0.641. The lowest BCUT2D eigenvalue weighted by atomic mass is 10.0. The number of carbonyl (C=O) groups excluding carboxylic acids is 3. The lowest BCUT2D eigenvalue weighted by Gasteiger charge is -2.16. The molecule has 0 saturated carbocycles. The molecule has 0 aromatic carbocycles. The molecule has 45 heavy (non-hydrogen) atoms. The predicted molar refractivity (Wildman–Crippen MR) is 174 cm³/mol. The fourth-order valence-electron chi connectivity index (χ4n) is 4.75. The second kappa shape index (κ2) is 30.5. The van der Waals surface area contributed by atoms with E-state index in [1.54, 1.807) is 12.1 Å². The van der Waals surface area contributed by atoms with Crippen LogP contribution in [0.1, 0.15) is 127 Å². The summed E-state index contributed by atoms with van der Waals surface area (Å²) in [7, 11) is 1.46. The number of nitrogens with one attached hydrogen (secondary N) is 3. The van der Waals surface area contributed by atoms with E-state index in [-0.39, 0.29) is 56.2 Å². The topological polar surface area (TPSA) is 119 Å². The maximum atomic E-state index is 12.2. The highest BCUT2D eigenvalue weighted by atomic mass is 127. The van der Waals surface area contributed by atoms with Crippen molar-refractivity contribution in [3.05, 3.63) is 30.1 Å². The fraction of sp³-hybridized carbons (Fsp3) is 0.765. The van der Waals surface area contributed by atoms with Crippen LogP contribution in [-0.2, 0) is 20.8 Å². The summed E-state index contributed by atoms with van der Waals surface area (Å²) >= 11 is 0. The number of methoxy groups -OCH3 is 1. The van der Waals surface area contributed by atoms with Gasteiger partial charge in [-0.25, -0.2) is 14.2 Å². The number of aryl methyl sites for hydroxylation is 1. The minimum absolute atomic E-state index is 0. The molecule has 0 bridgehead atoms. The molecule has 11 heteroatoms. The van der Waals surface area contributed by atoms with E-state index < -0.39 is 18.3 Å². The number of hydrogen-bond donors (Lipinski definition) is 3. The Morgan fingerprint density at radius 2 is 1.07 bits per heavy atom. The molecule has 1 heterocycles. The number of hydrogen-bond acceptors (Lipinski definition) is 6. The normalized spacial score (nSPS) is 11.3. The second-order valence-corrected chi connectivity index (χ2v) is 11.4. The average Bonchev–Trinajstić information content (AvgIpc) is 3.04. The fourth-order valence-corrected chi connectivity index (χ4v) is 4.75. The van der Waals surface area contributed by atoms with Gasteiger partial charge < -0.3 is 54.1 Å². The molecule has 1 atom stereocenters. The van der Waals surface area contributed by atoms with Crippen molar-refractivity contribution in [1.82, 2.24) is 16.0 Å². The summed E-state index contributed by atoms with van der Waals surface area (Å²) in [5.74, 6) is -0.215. The highest BCUT2D eigenvalue weighted by Gasteiger charge is 2.14. The Bertz CT molecular complexity index is 875. The van der Waals surface area contributed by atoms with Crippen LogP contribution in [0.25, 0.3) is 0 Å². The van der Waals surface area contributed by atoms with Crippen molar-refractivity contribution < 1.29 is 57.1 Å². The Morgan fingerprint density at radius 3 is 1.51 bits per heavy atom. The zero-order valence-corrected chi connectivity index (χ0v) is 30.4. The van der Waals surface area contributed by atoms with Gasteiger partial charge in [0.25, 0.3) is 5.91 Å². The van der Waals surface area contributed by atoms with Crippen molar-refractivity contribution in [3.8, 4) is 0 Å². The molecule has 1 rings (SSSR count). The van der Waals surface area contributed by atoms with E-state index in [1.165, 1.54) is 97.0 Å². The highest BCUT2D eigenvalue weighted by molar-refractivity contribution is 5.93. The SMILES string of the molecule is CCCCCCCCCCCCCCCCCCNC(=O)OCC(COC(=O)NCCNC(=O)c1cc[n+](CC)cc1)OC.[I-]. The van der Waals surface area contributed by atoms with Crippen LogP contribution >= 0.6 is 0 Å². The van der Waals surface area contributed by atoms with Crippen molar-refractivity contribution in [3.63, 3.8) is 0 Å². The molecule has 0 aliphatic carbocycles. The molecule has 3 N–H and O–H groups in total. The molecular weight excluding hydrogens is 687 g/mol. The first-order chi connectivity index (χ1) is 21.5. The Kier molecular flexibility index (Phi) is 29.0. The van der Waals surface area contributed by atoms with Gasteiger partial charge in [0.05, 0.1) is 5.56 Å². The molecule has 260 valence electrons. The van der Waals surface area contributed by atoms with Crippen LogP contribution in [0.5, 0.6) is 0 Å². The summed E-state index contributed by atoms with van der Waals surface area (Å²) in [4.78, 5) is 36.1. The molecule has 10 nitrogen and oxygen atoms in total. The quantitative estimate of drug-likeness (QED) is 0.0722. The summed E-state index contributed by atoms with van der Waals surface area (Å²) in [6.45, 7) is 6.07. The number of unbranched alkanes of at least 4 members (excludes halogenated alkanes) is 15. The van der Waals surface area contributed by atoms with Crippen LogP contribution in [0.3, 0.4) is 0 Å². The van der Waals surface area contributed by atoms with E-state index in [0.29, 0.717) is 12.1 Å². The number of halogens is 1. The third kappa shape index (κ3) is 24.7. The molecule has 0 aliphatic rings. The first-order valence-corrected chi connectivity index (χ1v) is 17.1. The first kappa shape index (κ1) is 42.9. The summed E-state index contributed by atoms with van der Waals surface area (Å²) in [6.07, 6.45) is 22.9. The summed E-state index contributed by atoms with van der Waals surface area (Å²) in [5.41, 5.74) is 0.550. The van der Waals surface area contributed by atoms with Crippen LogP contribution in [0, 0.1) is 0 Å². The lowest BCUT2D eigenvalue weighted by molar-refractivity contribution is -0.693. The zero-order chi connectivity index (χ0) is 32.1. The number of rotatable bonds is 27. The third-order valence-electron chi connectivity index (χ3n) is 7.63. The lowest BCUT2D eigenvalue weighted by Crippen LogP contribution is -3.00. The van der Waals surface area contributed by atoms with Gasteiger partial charge in [0.2, 0.25) is 0 Å². The van der Waals surface area contributed by atoms with E-state index in [9.17, 15) is 14.4 Å². The summed E-state index contributed by atoms with van der Waals surface area (Å²) in [6, 6.07) is 3.49. The van der Waals surface area contributed by atoms with Gasteiger partial charge in [-0.15, -0.1) is 0 Å². The van der Waals surface area contributed by atoms with Crippen molar-refractivity contribution in [2.75, 3.05) is 40.0 Å². The molecule has 0 spiro atoms. The van der Waals surface area contributed by atoms with Crippen LogP contribution in [0.15, 0.2) is 24.5 Å². The number of nitrogens with zero attached hydrogens (tertiary/aromatic N) is 1. The number of pyridine rings is 1. The zero-order valence-electron chi connectivity index (χ0n) is 28.2. The standard InChI is InChI=1S/C34H60N4O6.HI/c1-4-6-7-8-9-10-11-12-13-14-15-16-17-18-19-20-23-36-33(40)43-28-31(42-3)29-44-34(41)37-25-24-35-32(39)30-21-26-38(5-2)27-22-30;/h21-22,26-27,31H,4-20,23-25,28-29H2,1-3H3,(H2-,35,36,37,39,40,41);1H. The minimum Gasteiger partial charge on any atom is -1.00 e. The molecule has 1 unspecified atom stereocenters. The highest BCUT2D eigenvalue weighted by Crippen LogP contribution is 2.13. The van der Waals surface area contributed by atoms with Gasteiger partial charge >= 0.3 is 12.2 Å². The van der Waals surface area contributed by atoms with Gasteiger partial charge in [-0.2, -0.15) is 0 Å². The Balaban J connectivity index is 0.0000194. The maximum absolute atomic E-state index is 12.2. The molecule has 0 saturated heterocycles. The number of amides is 3. The number of carbonyl (C=O) groups is 3. The monoisotopic (exact) mass is 748 g/mol. The molecule has 3 amide bonds. The smallest absolute Gasteiger partial charge is 0.407 e. The molecule has 0 aliphatic heterocycles. The van der Waals surface area contributed by atoms with E-state index in [0.717, 1.165) is 19.4 Å². The Labute approximate surface area is 289 Å².